The summed E-state index contributed by atoms with van der Waals surface area (Å²) in [5.74, 6) is -2.11. The second kappa shape index (κ2) is 3.11. The van der Waals surface area contributed by atoms with Gasteiger partial charge >= 0.3 is 5.97 Å². The average molecular weight is 189 g/mol. The van der Waals surface area contributed by atoms with Crippen molar-refractivity contribution in [1.29, 1.82) is 0 Å². The van der Waals surface area contributed by atoms with Crippen LogP contribution >= 0.6 is 11.6 Å². The van der Waals surface area contributed by atoms with Gasteiger partial charge in [0.15, 0.2) is 0 Å². The number of carboxylic acid groups (broad SMARTS) is 1. The first-order valence-corrected chi connectivity index (χ1v) is 3.59. The molecule has 0 aliphatic carbocycles. The minimum absolute atomic E-state index is 0.0781. The zero-order valence-electron chi connectivity index (χ0n) is 6.27. The van der Waals surface area contributed by atoms with Gasteiger partial charge in [0, 0.05) is 0 Å². The van der Waals surface area contributed by atoms with Crippen molar-refractivity contribution in [3.8, 4) is 0 Å². The molecule has 0 bridgehead atoms. The first-order chi connectivity index (χ1) is 5.54. The summed E-state index contributed by atoms with van der Waals surface area (Å²) in [6.07, 6.45) is 0. The van der Waals surface area contributed by atoms with E-state index in [1.165, 1.54) is 19.1 Å². The van der Waals surface area contributed by atoms with Crippen molar-refractivity contribution in [2.45, 2.75) is 6.92 Å². The van der Waals surface area contributed by atoms with E-state index in [-0.39, 0.29) is 10.6 Å². The number of hydrogen-bond donors (Lipinski definition) is 1. The molecule has 0 unspecified atom stereocenters. The quantitative estimate of drug-likeness (QED) is 0.735. The summed E-state index contributed by atoms with van der Waals surface area (Å²) in [6, 6.07) is 2.80. The van der Waals surface area contributed by atoms with Gasteiger partial charge in [-0.2, -0.15) is 0 Å². The van der Waals surface area contributed by atoms with Gasteiger partial charge in [0.2, 0.25) is 0 Å². The molecule has 12 heavy (non-hydrogen) atoms. The lowest BCUT2D eigenvalue weighted by molar-refractivity contribution is 0.0692. The molecule has 2 nitrogen and oxygen atoms in total. The Morgan fingerprint density at radius 2 is 2.17 bits per heavy atom. The van der Waals surface area contributed by atoms with E-state index in [2.05, 4.69) is 0 Å². The van der Waals surface area contributed by atoms with E-state index in [4.69, 9.17) is 16.7 Å². The van der Waals surface area contributed by atoms with Crippen LogP contribution in [0.2, 0.25) is 5.02 Å². The van der Waals surface area contributed by atoms with Crippen LogP contribution in [-0.2, 0) is 0 Å². The van der Waals surface area contributed by atoms with Crippen LogP contribution < -0.4 is 0 Å². The Morgan fingerprint density at radius 1 is 1.58 bits per heavy atom. The molecule has 1 aromatic carbocycles. The van der Waals surface area contributed by atoms with Gasteiger partial charge in [0.1, 0.15) is 11.4 Å². The van der Waals surface area contributed by atoms with Crippen LogP contribution in [0.5, 0.6) is 0 Å². The van der Waals surface area contributed by atoms with Crippen LogP contribution in [0.4, 0.5) is 4.39 Å². The summed E-state index contributed by atoms with van der Waals surface area (Å²) < 4.78 is 13.0. The number of carbonyl (C=O) groups is 1. The van der Waals surface area contributed by atoms with Gasteiger partial charge in [0.05, 0.1) is 5.02 Å². The minimum Gasteiger partial charge on any atom is -0.478 e. The molecule has 0 fully saturated rings. The van der Waals surface area contributed by atoms with Crippen LogP contribution in [0, 0.1) is 12.7 Å². The number of aryl methyl sites for hydroxylation is 1. The van der Waals surface area contributed by atoms with Crippen LogP contribution in [0.25, 0.3) is 0 Å². The first kappa shape index (κ1) is 9.00. The number of rotatable bonds is 1. The standard InChI is InChI=1S/C8H6ClFO2/c1-4-2-3-5(9)6(7(4)10)8(11)12/h2-3H,1H3,(H,11,12). The maximum absolute atomic E-state index is 13.0. The van der Waals surface area contributed by atoms with Crippen molar-refractivity contribution in [1.82, 2.24) is 0 Å². The van der Waals surface area contributed by atoms with E-state index in [9.17, 15) is 9.18 Å². The van der Waals surface area contributed by atoms with Crippen LogP contribution in [0.3, 0.4) is 0 Å². The highest BCUT2D eigenvalue weighted by Crippen LogP contribution is 2.21. The largest absolute Gasteiger partial charge is 0.478 e. The van der Waals surface area contributed by atoms with Crippen molar-refractivity contribution < 1.29 is 14.3 Å². The van der Waals surface area contributed by atoms with Gasteiger partial charge in [-0.15, -0.1) is 0 Å². The van der Waals surface area contributed by atoms with Crippen molar-refractivity contribution in [3.63, 3.8) is 0 Å². The van der Waals surface area contributed by atoms with E-state index >= 15 is 0 Å². The maximum Gasteiger partial charge on any atom is 0.340 e. The zero-order valence-corrected chi connectivity index (χ0v) is 7.02. The van der Waals surface area contributed by atoms with Gasteiger partial charge in [-0.05, 0) is 18.6 Å². The fourth-order valence-electron chi connectivity index (χ4n) is 0.853. The Balaban J connectivity index is 3.43. The summed E-state index contributed by atoms with van der Waals surface area (Å²) in [5, 5.41) is 8.47. The van der Waals surface area contributed by atoms with Crippen molar-refractivity contribution >= 4 is 17.6 Å². The number of halogens is 2. The molecule has 1 aromatic rings. The van der Waals surface area contributed by atoms with E-state index in [1.54, 1.807) is 0 Å². The SMILES string of the molecule is Cc1ccc(Cl)c(C(=O)O)c1F. The lowest BCUT2D eigenvalue weighted by atomic mass is 10.1. The number of carboxylic acids is 1. The highest BCUT2D eigenvalue weighted by atomic mass is 35.5. The molecule has 0 aromatic heterocycles. The molecule has 0 aliphatic rings. The molecule has 0 amide bonds. The summed E-state index contributed by atoms with van der Waals surface area (Å²) in [6.45, 7) is 1.48. The summed E-state index contributed by atoms with van der Waals surface area (Å²) in [4.78, 5) is 10.5. The van der Waals surface area contributed by atoms with Crippen LogP contribution in [-0.4, -0.2) is 11.1 Å². The Hall–Kier alpha value is -1.09. The molecule has 0 saturated heterocycles. The van der Waals surface area contributed by atoms with E-state index < -0.39 is 17.3 Å². The van der Waals surface area contributed by atoms with E-state index in [1.807, 2.05) is 0 Å². The van der Waals surface area contributed by atoms with Crippen molar-refractivity contribution in [2.75, 3.05) is 0 Å². The van der Waals surface area contributed by atoms with Gasteiger partial charge in [-0.3, -0.25) is 0 Å². The third-order valence-electron chi connectivity index (χ3n) is 1.50. The number of aromatic carboxylic acids is 1. The average Bonchev–Trinajstić information content (AvgIpc) is 1.97. The fourth-order valence-corrected chi connectivity index (χ4v) is 1.08. The molecular weight excluding hydrogens is 183 g/mol. The highest BCUT2D eigenvalue weighted by Gasteiger charge is 2.16. The Labute approximate surface area is 73.6 Å². The van der Waals surface area contributed by atoms with Crippen molar-refractivity contribution in [2.24, 2.45) is 0 Å². The Bertz CT molecular complexity index is 336. The molecule has 4 heteroatoms. The van der Waals surface area contributed by atoms with Crippen LogP contribution in [0.1, 0.15) is 15.9 Å². The summed E-state index contributed by atoms with van der Waals surface area (Å²) >= 11 is 5.48. The second-order valence-electron chi connectivity index (χ2n) is 2.36. The molecular formula is C8H6ClFO2. The topological polar surface area (TPSA) is 37.3 Å². The van der Waals surface area contributed by atoms with E-state index in [0.717, 1.165) is 0 Å². The smallest absolute Gasteiger partial charge is 0.340 e. The third kappa shape index (κ3) is 1.41. The summed E-state index contributed by atoms with van der Waals surface area (Å²) in [7, 11) is 0. The normalized spacial score (nSPS) is 9.92. The van der Waals surface area contributed by atoms with Crippen molar-refractivity contribution in [3.05, 3.63) is 34.1 Å². The summed E-state index contributed by atoms with van der Waals surface area (Å²) in [5.41, 5.74) is -0.187. The van der Waals surface area contributed by atoms with Gasteiger partial charge in [-0.1, -0.05) is 17.7 Å². The van der Waals surface area contributed by atoms with Gasteiger partial charge in [0.25, 0.3) is 0 Å². The molecule has 0 atom stereocenters. The molecule has 0 aliphatic heterocycles. The van der Waals surface area contributed by atoms with Gasteiger partial charge in [-0.25, -0.2) is 9.18 Å². The highest BCUT2D eigenvalue weighted by molar-refractivity contribution is 6.33. The van der Waals surface area contributed by atoms with E-state index in [0.29, 0.717) is 0 Å². The molecule has 0 heterocycles. The predicted molar refractivity (Wildman–Crippen MR) is 43.1 cm³/mol. The minimum atomic E-state index is -1.35. The zero-order chi connectivity index (χ0) is 9.30. The van der Waals surface area contributed by atoms with Gasteiger partial charge < -0.3 is 5.11 Å². The Morgan fingerprint density at radius 3 is 2.58 bits per heavy atom. The molecule has 1 N–H and O–H groups in total. The first-order valence-electron chi connectivity index (χ1n) is 3.22. The third-order valence-corrected chi connectivity index (χ3v) is 1.81. The molecule has 0 saturated carbocycles. The molecule has 1 rings (SSSR count). The second-order valence-corrected chi connectivity index (χ2v) is 2.77. The predicted octanol–water partition coefficient (Wildman–Crippen LogP) is 2.49. The maximum atomic E-state index is 13.0. The monoisotopic (exact) mass is 188 g/mol. The lowest BCUT2D eigenvalue weighted by Gasteiger charge is -2.02. The number of hydrogen-bond acceptors (Lipinski definition) is 1. The number of benzene rings is 1. The fraction of sp³-hybridized carbons (Fsp3) is 0.125. The Kier molecular flexibility index (Phi) is 2.33. The molecule has 0 spiro atoms. The molecule has 64 valence electrons. The lowest BCUT2D eigenvalue weighted by Crippen LogP contribution is -2.03. The van der Waals surface area contributed by atoms with Crippen LogP contribution in [0.15, 0.2) is 12.1 Å². The molecule has 0 radical (unpaired) electrons.